The van der Waals surface area contributed by atoms with Crippen molar-refractivity contribution in [3.8, 4) is 0 Å². The normalized spacial score (nSPS) is 12.7. The smallest absolute Gasteiger partial charge is 0.306 e. The summed E-state index contributed by atoms with van der Waals surface area (Å²) >= 11 is 0. The third-order valence-corrected chi connectivity index (χ3v) is 13.5. The molecule has 0 aromatic carbocycles. The molecule has 0 amide bonds. The van der Waals surface area contributed by atoms with Gasteiger partial charge in [0, 0.05) is 19.3 Å². The van der Waals surface area contributed by atoms with Gasteiger partial charge in [-0.15, -0.1) is 0 Å². The second-order valence-corrected chi connectivity index (χ2v) is 20.9. The van der Waals surface area contributed by atoms with E-state index >= 15 is 0 Å². The van der Waals surface area contributed by atoms with Gasteiger partial charge in [0.05, 0.1) is 0 Å². The van der Waals surface area contributed by atoms with Crippen molar-refractivity contribution in [1.29, 1.82) is 0 Å². The number of unbranched alkanes of at least 4 members (excludes halogenated alkanes) is 30. The zero-order valence-corrected chi connectivity index (χ0v) is 49.3. The van der Waals surface area contributed by atoms with E-state index in [2.05, 4.69) is 118 Å². The van der Waals surface area contributed by atoms with E-state index in [9.17, 15) is 14.4 Å². The summed E-state index contributed by atoms with van der Waals surface area (Å²) in [5.74, 6) is -0.953. The molecule has 0 bridgehead atoms. The minimum atomic E-state index is -0.805. The summed E-state index contributed by atoms with van der Waals surface area (Å²) < 4.78 is 16.9. The van der Waals surface area contributed by atoms with Gasteiger partial charge in [0.25, 0.3) is 0 Å². The number of allylic oxidation sites excluding steroid dienone is 16. The predicted molar refractivity (Wildman–Crippen MR) is 325 cm³/mol. The van der Waals surface area contributed by atoms with E-state index in [1.807, 2.05) is 0 Å². The monoisotopic (exact) mass is 1040 g/mol. The highest BCUT2D eigenvalue weighted by Crippen LogP contribution is 2.16. The average molecular weight is 1040 g/mol. The molecule has 0 rings (SSSR count). The zero-order valence-electron chi connectivity index (χ0n) is 49.3. The first-order valence-corrected chi connectivity index (χ1v) is 31.7. The van der Waals surface area contributed by atoms with E-state index in [0.29, 0.717) is 19.3 Å². The van der Waals surface area contributed by atoms with E-state index in [4.69, 9.17) is 14.2 Å². The van der Waals surface area contributed by atoms with Crippen LogP contribution in [0.2, 0.25) is 0 Å². The Bertz CT molecular complexity index is 1480. The highest BCUT2D eigenvalue weighted by atomic mass is 16.6. The lowest BCUT2D eigenvalue weighted by molar-refractivity contribution is -0.167. The van der Waals surface area contributed by atoms with Crippen molar-refractivity contribution in [1.82, 2.24) is 0 Å². The Kier molecular flexibility index (Phi) is 59.8. The van der Waals surface area contributed by atoms with Gasteiger partial charge in [0.15, 0.2) is 6.10 Å². The van der Waals surface area contributed by atoms with Crippen LogP contribution in [-0.4, -0.2) is 37.2 Å². The second-order valence-electron chi connectivity index (χ2n) is 20.9. The van der Waals surface area contributed by atoms with Crippen LogP contribution in [0.5, 0.6) is 0 Å². The average Bonchev–Trinajstić information content (AvgIpc) is 3.41. The molecule has 75 heavy (non-hydrogen) atoms. The molecule has 430 valence electrons. The highest BCUT2D eigenvalue weighted by Gasteiger charge is 2.19. The van der Waals surface area contributed by atoms with Crippen LogP contribution >= 0.6 is 0 Å². The molecule has 0 heterocycles. The summed E-state index contributed by atoms with van der Waals surface area (Å²) in [6.45, 7) is 6.47. The fourth-order valence-electron chi connectivity index (χ4n) is 8.80. The first kappa shape index (κ1) is 71.3. The third-order valence-electron chi connectivity index (χ3n) is 13.5. The second kappa shape index (κ2) is 62.9. The fraction of sp³-hybridized carbons (Fsp3) is 0.725. The van der Waals surface area contributed by atoms with Crippen molar-refractivity contribution in [3.05, 3.63) is 97.2 Å². The molecule has 0 aromatic rings. The Morgan fingerprint density at radius 3 is 0.907 bits per heavy atom. The number of hydrogen-bond acceptors (Lipinski definition) is 6. The molecule has 0 fully saturated rings. The van der Waals surface area contributed by atoms with E-state index in [1.165, 1.54) is 173 Å². The molecule has 0 N–H and O–H groups in total. The largest absolute Gasteiger partial charge is 0.462 e. The molecule has 6 nitrogen and oxygen atoms in total. The lowest BCUT2D eigenvalue weighted by Crippen LogP contribution is -2.30. The summed E-state index contributed by atoms with van der Waals surface area (Å²) in [5, 5.41) is 0. The van der Waals surface area contributed by atoms with Crippen LogP contribution in [0.4, 0.5) is 0 Å². The number of hydrogen-bond donors (Lipinski definition) is 0. The minimum Gasteiger partial charge on any atom is -0.462 e. The van der Waals surface area contributed by atoms with Crippen LogP contribution in [0.3, 0.4) is 0 Å². The van der Waals surface area contributed by atoms with Gasteiger partial charge in [-0.2, -0.15) is 0 Å². The minimum absolute atomic E-state index is 0.0966. The van der Waals surface area contributed by atoms with Gasteiger partial charge in [-0.1, -0.05) is 266 Å². The number of carbonyl (C=O) groups excluding carboxylic acids is 3. The Morgan fingerprint density at radius 2 is 0.533 bits per heavy atom. The van der Waals surface area contributed by atoms with Crippen LogP contribution in [-0.2, 0) is 28.6 Å². The van der Waals surface area contributed by atoms with Gasteiger partial charge < -0.3 is 14.2 Å². The molecule has 0 aliphatic heterocycles. The molecule has 0 aliphatic carbocycles. The Balaban J connectivity index is 4.44. The van der Waals surface area contributed by atoms with Crippen molar-refractivity contribution in [3.63, 3.8) is 0 Å². The summed E-state index contributed by atoms with van der Waals surface area (Å²) in [6, 6.07) is 0. The van der Waals surface area contributed by atoms with E-state index in [-0.39, 0.29) is 37.5 Å². The molecule has 0 unspecified atom stereocenters. The molecule has 6 heteroatoms. The summed E-state index contributed by atoms with van der Waals surface area (Å²) in [7, 11) is 0. The SMILES string of the molecule is CC/C=C\C/C=C\C/C=C\C/C=C\C/C=C\CCCC(=O)OC[C@H](COC(=O)CCCCCCCCCCCCC/C=C\CCCCCCCC)OC(=O)CCCCCCCCCCC/C=C\C/C=C\CCCCC. The summed E-state index contributed by atoms with van der Waals surface area (Å²) in [6.07, 6.45) is 84.1. The highest BCUT2D eigenvalue weighted by molar-refractivity contribution is 5.71. The predicted octanol–water partition coefficient (Wildman–Crippen LogP) is 21.7. The maximum atomic E-state index is 12.9. The standard InChI is InChI=1S/C69H118O6/c1-4-7-10-13-16-19-22-25-28-31-33-34-36-38-41-44-47-50-53-56-59-62-68(71)74-65-66(64-73-67(70)61-58-55-52-49-46-43-40-37-30-27-24-21-18-15-12-9-6-3)75-69(72)63-60-57-54-51-48-45-42-39-35-32-29-26-23-20-17-14-11-8-5-2/h9,12,17-18,20-21,25-30,40,43,49,52,66H,4-8,10-11,13-16,19,22-24,31-39,41-42,44-48,50-51,53-65H2,1-3H3/b12-9-,20-17-,21-18-,28-25-,29-26-,30-27-,43-40-,52-49-/t66-/m1/s1. The maximum Gasteiger partial charge on any atom is 0.306 e. The van der Waals surface area contributed by atoms with E-state index < -0.39 is 6.10 Å². The van der Waals surface area contributed by atoms with Gasteiger partial charge in [0.2, 0.25) is 0 Å². The van der Waals surface area contributed by atoms with Crippen LogP contribution in [0, 0.1) is 0 Å². The Morgan fingerprint density at radius 1 is 0.280 bits per heavy atom. The van der Waals surface area contributed by atoms with Crippen LogP contribution in [0.1, 0.15) is 303 Å². The third kappa shape index (κ3) is 61.1. The molecular formula is C69H118O6. The fourth-order valence-corrected chi connectivity index (χ4v) is 8.80. The van der Waals surface area contributed by atoms with Gasteiger partial charge in [-0.05, 0) is 116 Å². The van der Waals surface area contributed by atoms with Gasteiger partial charge in [-0.25, -0.2) is 0 Å². The van der Waals surface area contributed by atoms with Crippen molar-refractivity contribution < 1.29 is 28.6 Å². The maximum absolute atomic E-state index is 12.9. The zero-order chi connectivity index (χ0) is 54.3. The molecule has 0 aliphatic rings. The number of esters is 3. The van der Waals surface area contributed by atoms with Crippen molar-refractivity contribution in [2.45, 2.75) is 309 Å². The number of carbonyl (C=O) groups is 3. The molecule has 0 saturated carbocycles. The lowest BCUT2D eigenvalue weighted by Gasteiger charge is -2.18. The molecule has 1 atom stereocenters. The van der Waals surface area contributed by atoms with Crippen LogP contribution in [0.25, 0.3) is 0 Å². The van der Waals surface area contributed by atoms with Gasteiger partial charge in [-0.3, -0.25) is 14.4 Å². The molecule has 0 aromatic heterocycles. The number of ether oxygens (including phenoxy) is 3. The van der Waals surface area contributed by atoms with Gasteiger partial charge >= 0.3 is 17.9 Å². The molecule has 0 spiro atoms. The Labute approximate surface area is 464 Å². The van der Waals surface area contributed by atoms with Gasteiger partial charge in [0.1, 0.15) is 13.2 Å². The van der Waals surface area contributed by atoms with Crippen LogP contribution in [0.15, 0.2) is 97.2 Å². The van der Waals surface area contributed by atoms with E-state index in [0.717, 1.165) is 83.5 Å². The lowest BCUT2D eigenvalue weighted by atomic mass is 10.0. The van der Waals surface area contributed by atoms with Crippen molar-refractivity contribution in [2.24, 2.45) is 0 Å². The first-order chi connectivity index (χ1) is 37.0. The number of rotatable bonds is 57. The quantitative estimate of drug-likeness (QED) is 0.0261. The molecule has 0 radical (unpaired) electrons. The topological polar surface area (TPSA) is 78.9 Å². The van der Waals surface area contributed by atoms with E-state index in [1.54, 1.807) is 0 Å². The van der Waals surface area contributed by atoms with Crippen LogP contribution < -0.4 is 0 Å². The first-order valence-electron chi connectivity index (χ1n) is 31.7. The van der Waals surface area contributed by atoms with Crippen molar-refractivity contribution >= 4 is 17.9 Å². The summed E-state index contributed by atoms with van der Waals surface area (Å²) in [5.41, 5.74) is 0. The Hall–Kier alpha value is -3.67. The molecular weight excluding hydrogens is 925 g/mol. The summed E-state index contributed by atoms with van der Waals surface area (Å²) in [4.78, 5) is 38.3. The van der Waals surface area contributed by atoms with Crippen molar-refractivity contribution in [2.75, 3.05) is 13.2 Å². The molecule has 0 saturated heterocycles.